The van der Waals surface area contributed by atoms with E-state index in [1.54, 1.807) is 17.7 Å². The van der Waals surface area contributed by atoms with E-state index in [0.717, 1.165) is 59.4 Å². The van der Waals surface area contributed by atoms with Gasteiger partial charge in [-0.3, -0.25) is 4.90 Å². The number of fused-ring (bicyclic) bond motifs is 1. The van der Waals surface area contributed by atoms with Crippen LogP contribution in [0.15, 0.2) is 58.6 Å². The van der Waals surface area contributed by atoms with Gasteiger partial charge < -0.3 is 14.5 Å². The second kappa shape index (κ2) is 8.55. The smallest absolute Gasteiger partial charge is 0.138 e. The first-order valence-electron chi connectivity index (χ1n) is 10.2. The Hall–Kier alpha value is -2.74. The van der Waals surface area contributed by atoms with Crippen molar-refractivity contribution in [2.75, 3.05) is 38.2 Å². The van der Waals surface area contributed by atoms with E-state index in [2.05, 4.69) is 55.9 Å². The highest BCUT2D eigenvalue weighted by Gasteiger charge is 2.25. The Bertz CT molecular complexity index is 1120. The normalized spacial score (nSPS) is 16.0. The van der Waals surface area contributed by atoms with E-state index in [1.165, 1.54) is 5.56 Å². The fraction of sp³-hybridized carbons (Fsp3) is 0.304. The SMILES string of the molecule is Cc1ccc([C@H](CNc2ncnc3scc(-c4ccccc4)c23)N2CCOCC2)o1. The Morgan fingerprint density at radius 3 is 2.70 bits per heavy atom. The van der Waals surface area contributed by atoms with Gasteiger partial charge in [0.15, 0.2) is 0 Å². The number of benzene rings is 1. The molecule has 0 saturated carbocycles. The number of nitrogens with zero attached hydrogens (tertiary/aromatic N) is 3. The molecule has 6 nitrogen and oxygen atoms in total. The Kier molecular flexibility index (Phi) is 5.48. The summed E-state index contributed by atoms with van der Waals surface area (Å²) in [6, 6.07) is 14.6. The van der Waals surface area contributed by atoms with Crippen LogP contribution in [0.25, 0.3) is 21.3 Å². The summed E-state index contributed by atoms with van der Waals surface area (Å²) in [5.74, 6) is 2.76. The fourth-order valence-corrected chi connectivity index (χ4v) is 4.88. The number of hydrogen-bond acceptors (Lipinski definition) is 7. The van der Waals surface area contributed by atoms with Crippen LogP contribution in [-0.2, 0) is 4.74 Å². The lowest BCUT2D eigenvalue weighted by Gasteiger charge is -2.33. The minimum atomic E-state index is 0.117. The van der Waals surface area contributed by atoms with Crippen molar-refractivity contribution in [2.45, 2.75) is 13.0 Å². The highest BCUT2D eigenvalue weighted by Crippen LogP contribution is 2.36. The van der Waals surface area contributed by atoms with Crippen molar-refractivity contribution in [3.63, 3.8) is 0 Å². The summed E-state index contributed by atoms with van der Waals surface area (Å²) in [5, 5.41) is 6.84. The third kappa shape index (κ3) is 3.84. The fourth-order valence-electron chi connectivity index (χ4n) is 3.96. The number of rotatable bonds is 6. The average molecular weight is 421 g/mol. The van der Waals surface area contributed by atoms with Gasteiger partial charge in [0.25, 0.3) is 0 Å². The zero-order chi connectivity index (χ0) is 20.3. The van der Waals surface area contributed by atoms with Gasteiger partial charge in [0.2, 0.25) is 0 Å². The van der Waals surface area contributed by atoms with Gasteiger partial charge in [0.05, 0.1) is 24.6 Å². The molecule has 0 amide bonds. The number of ether oxygens (including phenoxy) is 1. The molecule has 7 heteroatoms. The molecule has 0 radical (unpaired) electrons. The van der Waals surface area contributed by atoms with Crippen LogP contribution in [0.5, 0.6) is 0 Å². The van der Waals surface area contributed by atoms with Gasteiger partial charge in [-0.25, -0.2) is 9.97 Å². The number of furan rings is 1. The lowest BCUT2D eigenvalue weighted by molar-refractivity contribution is 0.0143. The van der Waals surface area contributed by atoms with Crippen LogP contribution in [0.4, 0.5) is 5.82 Å². The van der Waals surface area contributed by atoms with Crippen molar-refractivity contribution in [3.8, 4) is 11.1 Å². The minimum absolute atomic E-state index is 0.117. The molecular weight excluding hydrogens is 396 g/mol. The molecular formula is C23H24N4O2S. The standard InChI is InChI=1S/C23H24N4O2S/c1-16-7-8-20(29-16)19(27-9-11-28-12-10-27)13-24-22-21-18(17-5-3-2-4-6-17)14-30-23(21)26-15-25-22/h2-8,14-15,19H,9-13H2,1H3,(H,24,25,26)/t19-/m0/s1. The van der Waals surface area contributed by atoms with Crippen molar-refractivity contribution in [1.82, 2.24) is 14.9 Å². The summed E-state index contributed by atoms with van der Waals surface area (Å²) in [6.45, 7) is 5.95. The molecule has 0 aliphatic carbocycles. The van der Waals surface area contributed by atoms with E-state index in [0.29, 0.717) is 6.54 Å². The van der Waals surface area contributed by atoms with Crippen LogP contribution in [0.1, 0.15) is 17.6 Å². The maximum Gasteiger partial charge on any atom is 0.138 e. The van der Waals surface area contributed by atoms with Gasteiger partial charge in [-0.1, -0.05) is 30.3 Å². The first-order valence-corrected chi connectivity index (χ1v) is 11.1. The maximum atomic E-state index is 6.00. The van der Waals surface area contributed by atoms with Gasteiger partial charge in [-0.05, 0) is 24.6 Å². The lowest BCUT2D eigenvalue weighted by Crippen LogP contribution is -2.41. The number of anilines is 1. The number of nitrogens with one attached hydrogen (secondary N) is 1. The summed E-state index contributed by atoms with van der Waals surface area (Å²) in [5.41, 5.74) is 2.34. The molecule has 1 aliphatic heterocycles. The molecule has 1 N–H and O–H groups in total. The first-order chi connectivity index (χ1) is 14.8. The second-order valence-corrected chi connectivity index (χ2v) is 8.27. The molecule has 3 aromatic heterocycles. The average Bonchev–Trinajstić information content (AvgIpc) is 3.42. The molecule has 5 rings (SSSR count). The van der Waals surface area contributed by atoms with E-state index in [9.17, 15) is 0 Å². The van der Waals surface area contributed by atoms with Gasteiger partial charge >= 0.3 is 0 Å². The monoisotopic (exact) mass is 420 g/mol. The minimum Gasteiger partial charge on any atom is -0.465 e. The van der Waals surface area contributed by atoms with Crippen LogP contribution in [0.2, 0.25) is 0 Å². The Balaban J connectivity index is 1.46. The molecule has 1 atom stereocenters. The predicted octanol–water partition coefficient (Wildman–Crippen LogP) is 4.75. The molecule has 1 aromatic carbocycles. The van der Waals surface area contributed by atoms with Crippen LogP contribution in [0, 0.1) is 6.92 Å². The van der Waals surface area contributed by atoms with Crippen molar-refractivity contribution >= 4 is 27.4 Å². The van der Waals surface area contributed by atoms with Gasteiger partial charge in [-0.15, -0.1) is 11.3 Å². The van der Waals surface area contributed by atoms with E-state index < -0.39 is 0 Å². The molecule has 4 heterocycles. The summed E-state index contributed by atoms with van der Waals surface area (Å²) in [6.07, 6.45) is 1.64. The van der Waals surface area contributed by atoms with E-state index in [4.69, 9.17) is 9.15 Å². The van der Waals surface area contributed by atoms with E-state index >= 15 is 0 Å². The largest absolute Gasteiger partial charge is 0.465 e. The summed E-state index contributed by atoms with van der Waals surface area (Å²) in [4.78, 5) is 12.5. The Morgan fingerprint density at radius 1 is 1.10 bits per heavy atom. The maximum absolute atomic E-state index is 6.00. The first kappa shape index (κ1) is 19.2. The van der Waals surface area contributed by atoms with Crippen LogP contribution < -0.4 is 5.32 Å². The van der Waals surface area contributed by atoms with Crippen molar-refractivity contribution < 1.29 is 9.15 Å². The molecule has 0 spiro atoms. The number of aryl methyl sites for hydroxylation is 1. The molecule has 1 fully saturated rings. The van der Waals surface area contributed by atoms with Crippen LogP contribution in [0.3, 0.4) is 0 Å². The number of aromatic nitrogens is 2. The Labute approximate surface area is 179 Å². The second-order valence-electron chi connectivity index (χ2n) is 7.41. The molecule has 0 unspecified atom stereocenters. The number of morpholine rings is 1. The van der Waals surface area contributed by atoms with Crippen molar-refractivity contribution in [2.24, 2.45) is 0 Å². The van der Waals surface area contributed by atoms with Gasteiger partial charge in [0, 0.05) is 30.6 Å². The van der Waals surface area contributed by atoms with Gasteiger partial charge in [-0.2, -0.15) is 0 Å². The molecule has 4 aromatic rings. The number of hydrogen-bond donors (Lipinski definition) is 1. The highest BCUT2D eigenvalue weighted by atomic mass is 32.1. The quantitative estimate of drug-likeness (QED) is 0.486. The molecule has 0 bridgehead atoms. The molecule has 1 saturated heterocycles. The van der Waals surface area contributed by atoms with E-state index in [-0.39, 0.29) is 6.04 Å². The Morgan fingerprint density at radius 2 is 1.93 bits per heavy atom. The topological polar surface area (TPSA) is 63.4 Å². The predicted molar refractivity (Wildman–Crippen MR) is 120 cm³/mol. The molecule has 1 aliphatic rings. The zero-order valence-electron chi connectivity index (χ0n) is 16.9. The summed E-state index contributed by atoms with van der Waals surface area (Å²) in [7, 11) is 0. The highest BCUT2D eigenvalue weighted by molar-refractivity contribution is 7.17. The third-order valence-corrected chi connectivity index (χ3v) is 6.38. The van der Waals surface area contributed by atoms with Crippen molar-refractivity contribution in [1.29, 1.82) is 0 Å². The zero-order valence-corrected chi connectivity index (χ0v) is 17.7. The van der Waals surface area contributed by atoms with E-state index in [1.807, 2.05) is 19.1 Å². The third-order valence-electron chi connectivity index (χ3n) is 5.49. The summed E-state index contributed by atoms with van der Waals surface area (Å²) >= 11 is 1.65. The molecule has 154 valence electrons. The lowest BCUT2D eigenvalue weighted by atomic mass is 10.1. The summed E-state index contributed by atoms with van der Waals surface area (Å²) < 4.78 is 11.6. The molecule has 30 heavy (non-hydrogen) atoms. The van der Waals surface area contributed by atoms with Crippen molar-refractivity contribution in [3.05, 3.63) is 65.7 Å². The number of thiophene rings is 1. The van der Waals surface area contributed by atoms with Crippen LogP contribution >= 0.6 is 11.3 Å². The van der Waals surface area contributed by atoms with Gasteiger partial charge in [0.1, 0.15) is 28.5 Å². The van der Waals surface area contributed by atoms with Crippen LogP contribution in [-0.4, -0.2) is 47.7 Å².